The van der Waals surface area contributed by atoms with E-state index in [-0.39, 0.29) is 12.0 Å². The normalized spacial score (nSPS) is 20.7. The Kier molecular flexibility index (Phi) is 5.79. The number of hydrogen-bond acceptors (Lipinski definition) is 8. The van der Waals surface area contributed by atoms with Gasteiger partial charge in [0.25, 0.3) is 5.91 Å². The van der Waals surface area contributed by atoms with Crippen LogP contribution in [0, 0.1) is 6.92 Å². The fourth-order valence-corrected chi connectivity index (χ4v) is 6.06. The zero-order chi connectivity index (χ0) is 20.5. The molecule has 158 valence electrons. The summed E-state index contributed by atoms with van der Waals surface area (Å²) in [4.78, 5) is 29.5. The highest BCUT2D eigenvalue weighted by Gasteiger charge is 2.32. The summed E-state index contributed by atoms with van der Waals surface area (Å²) in [6.45, 7) is 7.60. The lowest BCUT2D eigenvalue weighted by molar-refractivity contribution is -0.0322. The molecule has 1 atom stereocenters. The fraction of sp³-hybridized carbons (Fsp3) is 0.476. The van der Waals surface area contributed by atoms with E-state index in [1.54, 1.807) is 17.5 Å². The molecule has 3 aromatic heterocycles. The minimum atomic E-state index is -0.147. The van der Waals surface area contributed by atoms with E-state index in [0.717, 1.165) is 45.3 Å². The highest BCUT2D eigenvalue weighted by molar-refractivity contribution is 7.20. The number of morpholine rings is 2. The maximum Gasteiger partial charge on any atom is 0.264 e. The first kappa shape index (κ1) is 20.0. The van der Waals surface area contributed by atoms with Crippen molar-refractivity contribution in [3.63, 3.8) is 0 Å². The van der Waals surface area contributed by atoms with Crippen LogP contribution >= 0.6 is 22.7 Å². The maximum atomic E-state index is 13.4. The second-order valence-electron chi connectivity index (χ2n) is 7.55. The lowest BCUT2D eigenvalue weighted by Gasteiger charge is -2.33. The first-order chi connectivity index (χ1) is 14.7. The van der Waals surface area contributed by atoms with Crippen molar-refractivity contribution >= 4 is 38.8 Å². The topological polar surface area (TPSA) is 67.8 Å². The number of rotatable bonds is 4. The van der Waals surface area contributed by atoms with Gasteiger partial charge in [0.1, 0.15) is 9.71 Å². The van der Waals surface area contributed by atoms with Gasteiger partial charge >= 0.3 is 0 Å². The van der Waals surface area contributed by atoms with Crippen LogP contribution in [0.5, 0.6) is 0 Å². The molecule has 2 fully saturated rings. The van der Waals surface area contributed by atoms with Gasteiger partial charge in [0, 0.05) is 60.9 Å². The van der Waals surface area contributed by atoms with Crippen molar-refractivity contribution in [3.8, 4) is 0 Å². The Hall–Kier alpha value is -1.91. The van der Waals surface area contributed by atoms with Crippen molar-refractivity contribution in [1.29, 1.82) is 0 Å². The van der Waals surface area contributed by atoms with Crippen molar-refractivity contribution < 1.29 is 14.3 Å². The van der Waals surface area contributed by atoms with Crippen molar-refractivity contribution in [2.45, 2.75) is 19.6 Å². The number of pyridine rings is 1. The van der Waals surface area contributed by atoms with Crippen LogP contribution in [0.15, 0.2) is 24.5 Å². The molecule has 5 rings (SSSR count). The zero-order valence-electron chi connectivity index (χ0n) is 16.9. The highest BCUT2D eigenvalue weighted by Crippen LogP contribution is 2.38. The third-order valence-electron chi connectivity index (χ3n) is 5.52. The maximum absolute atomic E-state index is 13.4. The minimum Gasteiger partial charge on any atom is -0.378 e. The van der Waals surface area contributed by atoms with Crippen molar-refractivity contribution in [3.05, 3.63) is 44.9 Å². The summed E-state index contributed by atoms with van der Waals surface area (Å²) in [5.74, 6) is 0.0649. The molecule has 0 saturated carbocycles. The van der Waals surface area contributed by atoms with Gasteiger partial charge in [-0.2, -0.15) is 0 Å². The molecule has 7 nitrogen and oxygen atoms in total. The summed E-state index contributed by atoms with van der Waals surface area (Å²) in [5.41, 5.74) is 0.991. The predicted octanol–water partition coefficient (Wildman–Crippen LogP) is 3.11. The lowest BCUT2D eigenvalue weighted by atomic mass is 10.0. The van der Waals surface area contributed by atoms with Gasteiger partial charge in [-0.05, 0) is 13.0 Å². The van der Waals surface area contributed by atoms with Crippen molar-refractivity contribution in [2.24, 2.45) is 0 Å². The molecule has 2 saturated heterocycles. The number of nitrogens with zero attached hydrogens (tertiary/aromatic N) is 4. The number of aryl methyl sites for hydroxylation is 1. The smallest absolute Gasteiger partial charge is 0.264 e. The summed E-state index contributed by atoms with van der Waals surface area (Å²) in [5, 5.41) is 2.11. The van der Waals surface area contributed by atoms with E-state index in [4.69, 9.17) is 9.47 Å². The molecule has 1 amide bonds. The Labute approximate surface area is 183 Å². The molecule has 0 bridgehead atoms. The Morgan fingerprint density at radius 1 is 1.20 bits per heavy atom. The molecule has 0 aliphatic carbocycles. The molecule has 5 heterocycles. The largest absolute Gasteiger partial charge is 0.378 e. The Morgan fingerprint density at radius 2 is 2.07 bits per heavy atom. The highest BCUT2D eigenvalue weighted by atomic mass is 32.1. The molecule has 0 radical (unpaired) electrons. The van der Waals surface area contributed by atoms with Gasteiger partial charge in [0.2, 0.25) is 0 Å². The second kappa shape index (κ2) is 8.68. The van der Waals surface area contributed by atoms with E-state index in [9.17, 15) is 4.79 Å². The average Bonchev–Trinajstić information content (AvgIpc) is 3.37. The monoisotopic (exact) mass is 444 g/mol. The Balaban J connectivity index is 1.45. The molecular weight excluding hydrogens is 420 g/mol. The number of thiophene rings is 1. The zero-order valence-corrected chi connectivity index (χ0v) is 18.5. The molecule has 9 heteroatoms. The van der Waals surface area contributed by atoms with Crippen LogP contribution in [-0.4, -0.2) is 71.7 Å². The fourth-order valence-electron chi connectivity index (χ4n) is 4.06. The molecule has 0 spiro atoms. The van der Waals surface area contributed by atoms with Crippen molar-refractivity contribution in [1.82, 2.24) is 19.8 Å². The number of carbonyl (C=O) groups excluding carboxylic acids is 1. The number of fused-ring (bicyclic) bond motifs is 1. The third-order valence-corrected chi connectivity index (χ3v) is 7.53. The third kappa shape index (κ3) is 4.00. The first-order valence-electron chi connectivity index (χ1n) is 10.2. The van der Waals surface area contributed by atoms with Gasteiger partial charge in [-0.3, -0.25) is 9.69 Å². The van der Waals surface area contributed by atoms with Gasteiger partial charge in [0.05, 0.1) is 30.9 Å². The van der Waals surface area contributed by atoms with Gasteiger partial charge in [-0.25, -0.2) is 9.97 Å². The molecule has 2 aliphatic heterocycles. The van der Waals surface area contributed by atoms with E-state index < -0.39 is 0 Å². The molecule has 2 aliphatic rings. The molecule has 0 unspecified atom stereocenters. The van der Waals surface area contributed by atoms with Crippen LogP contribution in [0.25, 0.3) is 10.2 Å². The Bertz CT molecular complexity index is 1040. The number of hydrogen-bond donors (Lipinski definition) is 0. The van der Waals surface area contributed by atoms with Gasteiger partial charge in [0.15, 0.2) is 0 Å². The minimum absolute atomic E-state index is 0.0649. The van der Waals surface area contributed by atoms with E-state index >= 15 is 0 Å². The van der Waals surface area contributed by atoms with Gasteiger partial charge in [-0.1, -0.05) is 6.07 Å². The number of carbonyl (C=O) groups is 1. The van der Waals surface area contributed by atoms with E-state index in [0.29, 0.717) is 32.9 Å². The van der Waals surface area contributed by atoms with Crippen LogP contribution in [0.2, 0.25) is 0 Å². The molecular formula is C21H24N4O3S2. The van der Waals surface area contributed by atoms with Crippen LogP contribution in [0.1, 0.15) is 31.2 Å². The lowest BCUT2D eigenvalue weighted by Crippen LogP contribution is -2.41. The van der Waals surface area contributed by atoms with Gasteiger partial charge in [-0.15, -0.1) is 22.7 Å². The number of thiazole rings is 1. The van der Waals surface area contributed by atoms with Crippen LogP contribution in [0.4, 0.5) is 0 Å². The summed E-state index contributed by atoms with van der Waals surface area (Å²) in [6, 6.07) is 3.99. The quantitative estimate of drug-likeness (QED) is 0.616. The van der Waals surface area contributed by atoms with E-state index in [1.165, 1.54) is 16.2 Å². The van der Waals surface area contributed by atoms with E-state index in [2.05, 4.69) is 20.9 Å². The predicted molar refractivity (Wildman–Crippen MR) is 117 cm³/mol. The second-order valence-corrected chi connectivity index (χ2v) is 9.86. The summed E-state index contributed by atoms with van der Waals surface area (Å²) in [7, 11) is 0. The molecule has 0 N–H and O–H groups in total. The average molecular weight is 445 g/mol. The standard InChI is InChI=1S/C21H24N4O3S2/c1-14-23-11-15(29-14)12-24-5-10-28-17(13-24)18-16-3-2-4-22-20(16)30-19(18)21(26)25-6-8-27-9-7-25/h2-4,11,17H,5-10,12-13H2,1H3/t17-/m0/s1. The molecule has 3 aromatic rings. The first-order valence-corrected chi connectivity index (χ1v) is 11.8. The number of amides is 1. The molecule has 30 heavy (non-hydrogen) atoms. The number of aromatic nitrogens is 2. The number of ether oxygens (including phenoxy) is 2. The van der Waals surface area contributed by atoms with E-state index in [1.807, 2.05) is 24.1 Å². The SMILES string of the molecule is Cc1ncc(CN2CCO[C@H](c3c(C(=O)N4CCOCC4)sc4ncccc34)C2)s1. The van der Waals surface area contributed by atoms with Crippen LogP contribution in [-0.2, 0) is 16.0 Å². The van der Waals surface area contributed by atoms with Gasteiger partial charge < -0.3 is 14.4 Å². The summed E-state index contributed by atoms with van der Waals surface area (Å²) in [6.07, 6.45) is 3.60. The van der Waals surface area contributed by atoms with Crippen LogP contribution < -0.4 is 0 Å². The summed E-state index contributed by atoms with van der Waals surface area (Å²) >= 11 is 3.21. The molecule has 0 aromatic carbocycles. The Morgan fingerprint density at radius 3 is 2.87 bits per heavy atom. The summed E-state index contributed by atoms with van der Waals surface area (Å²) < 4.78 is 11.6. The van der Waals surface area contributed by atoms with Crippen LogP contribution in [0.3, 0.4) is 0 Å². The van der Waals surface area contributed by atoms with Crippen molar-refractivity contribution in [2.75, 3.05) is 46.0 Å².